The Hall–Kier alpha value is -2.08. The van der Waals surface area contributed by atoms with E-state index in [-0.39, 0.29) is 28.1 Å². The molecule has 1 aliphatic rings. The molecule has 0 aromatic heterocycles. The lowest BCUT2D eigenvalue weighted by Gasteiger charge is -2.11. The molecule has 1 saturated heterocycles. The minimum atomic E-state index is -1.13. The van der Waals surface area contributed by atoms with E-state index in [1.165, 1.54) is 18.2 Å². The van der Waals surface area contributed by atoms with Gasteiger partial charge >= 0.3 is 5.97 Å². The zero-order valence-electron chi connectivity index (χ0n) is 9.77. The highest BCUT2D eigenvalue weighted by atomic mass is 35.5. The fourth-order valence-electron chi connectivity index (χ4n) is 1.83. The fraction of sp³-hybridized carbons (Fsp3) is 0.250. The molecule has 0 spiro atoms. The van der Waals surface area contributed by atoms with E-state index in [2.05, 4.69) is 10.6 Å². The first-order valence-corrected chi connectivity index (χ1v) is 5.97. The van der Waals surface area contributed by atoms with Gasteiger partial charge in [-0.15, -0.1) is 0 Å². The van der Waals surface area contributed by atoms with Crippen LogP contribution in [0.4, 0.5) is 5.69 Å². The molecule has 6 nitrogen and oxygen atoms in total. The summed E-state index contributed by atoms with van der Waals surface area (Å²) in [6, 6.07) is 3.46. The molecule has 1 atom stereocenters. The van der Waals surface area contributed by atoms with Crippen molar-refractivity contribution < 1.29 is 19.5 Å². The van der Waals surface area contributed by atoms with Crippen LogP contribution < -0.4 is 10.6 Å². The van der Waals surface area contributed by atoms with Crippen LogP contribution in [0.15, 0.2) is 18.2 Å². The molecule has 3 N–H and O–H groups in total. The SMILES string of the molecule is O=C1CC[C@H](C(=O)Nc2cc(Cl)cc(C(=O)O)c2)N1. The van der Waals surface area contributed by atoms with Gasteiger partial charge in [-0.1, -0.05) is 11.6 Å². The average Bonchev–Trinajstić information content (AvgIpc) is 2.75. The van der Waals surface area contributed by atoms with Gasteiger partial charge in [-0.05, 0) is 24.6 Å². The Morgan fingerprint density at radius 2 is 2.11 bits per heavy atom. The molecule has 7 heteroatoms. The first-order valence-electron chi connectivity index (χ1n) is 5.60. The zero-order valence-corrected chi connectivity index (χ0v) is 10.5. The van der Waals surface area contributed by atoms with Crippen LogP contribution in [0, 0.1) is 0 Å². The molecule has 100 valence electrons. The van der Waals surface area contributed by atoms with Crippen molar-refractivity contribution in [3.05, 3.63) is 28.8 Å². The van der Waals surface area contributed by atoms with Gasteiger partial charge in [0.2, 0.25) is 11.8 Å². The number of carbonyl (C=O) groups is 3. The third kappa shape index (κ3) is 3.23. The number of hydrogen-bond donors (Lipinski definition) is 3. The van der Waals surface area contributed by atoms with Crippen LogP contribution >= 0.6 is 11.6 Å². The Balaban J connectivity index is 2.12. The van der Waals surface area contributed by atoms with E-state index < -0.39 is 12.0 Å². The molecule has 19 heavy (non-hydrogen) atoms. The summed E-state index contributed by atoms with van der Waals surface area (Å²) in [6.07, 6.45) is 0.741. The number of halogens is 1. The van der Waals surface area contributed by atoms with Crippen molar-refractivity contribution in [3.8, 4) is 0 Å². The molecular weight excluding hydrogens is 272 g/mol. The third-order valence-corrected chi connectivity index (χ3v) is 2.94. The van der Waals surface area contributed by atoms with E-state index in [0.29, 0.717) is 12.8 Å². The van der Waals surface area contributed by atoms with E-state index in [1.54, 1.807) is 0 Å². The highest BCUT2D eigenvalue weighted by Crippen LogP contribution is 2.20. The second-order valence-electron chi connectivity index (χ2n) is 4.18. The summed E-state index contributed by atoms with van der Waals surface area (Å²) >= 11 is 5.78. The topological polar surface area (TPSA) is 95.5 Å². The number of rotatable bonds is 3. The standard InChI is InChI=1S/C12H11ClN2O4/c13-7-3-6(12(18)19)4-8(5-7)14-11(17)9-1-2-10(16)15-9/h3-5,9H,1-2H2,(H,14,17)(H,15,16)(H,18,19)/t9-/m1/s1. The van der Waals surface area contributed by atoms with Gasteiger partial charge in [-0.25, -0.2) is 4.79 Å². The Bertz CT molecular complexity index is 559. The Kier molecular flexibility index (Phi) is 3.71. The van der Waals surface area contributed by atoms with Gasteiger partial charge in [-0.3, -0.25) is 9.59 Å². The van der Waals surface area contributed by atoms with Crippen molar-refractivity contribution in [1.82, 2.24) is 5.32 Å². The quantitative estimate of drug-likeness (QED) is 0.777. The minimum absolute atomic E-state index is 0.0155. The lowest BCUT2D eigenvalue weighted by atomic mass is 10.1. The smallest absolute Gasteiger partial charge is 0.335 e. The normalized spacial score (nSPS) is 17.9. The van der Waals surface area contributed by atoms with Crippen molar-refractivity contribution in [2.75, 3.05) is 5.32 Å². The minimum Gasteiger partial charge on any atom is -0.478 e. The molecular formula is C12H11ClN2O4. The van der Waals surface area contributed by atoms with Gasteiger partial charge in [0.15, 0.2) is 0 Å². The highest BCUT2D eigenvalue weighted by Gasteiger charge is 2.27. The molecule has 1 fully saturated rings. The molecule has 0 unspecified atom stereocenters. The third-order valence-electron chi connectivity index (χ3n) is 2.72. The van der Waals surface area contributed by atoms with E-state index in [9.17, 15) is 14.4 Å². The molecule has 0 aliphatic carbocycles. The number of aromatic carboxylic acids is 1. The number of carbonyl (C=O) groups excluding carboxylic acids is 2. The molecule has 1 aromatic carbocycles. The van der Waals surface area contributed by atoms with Crippen molar-refractivity contribution >= 4 is 35.1 Å². The van der Waals surface area contributed by atoms with Gasteiger partial charge in [0.1, 0.15) is 6.04 Å². The number of benzene rings is 1. The van der Waals surface area contributed by atoms with Crippen LogP contribution in [-0.4, -0.2) is 28.9 Å². The Labute approximate surface area is 113 Å². The summed E-state index contributed by atoms with van der Waals surface area (Å²) in [6.45, 7) is 0. The van der Waals surface area contributed by atoms with Crippen molar-refractivity contribution in [2.24, 2.45) is 0 Å². The fourth-order valence-corrected chi connectivity index (χ4v) is 2.06. The van der Waals surface area contributed by atoms with Crippen LogP contribution in [0.1, 0.15) is 23.2 Å². The zero-order chi connectivity index (χ0) is 14.0. The molecule has 0 bridgehead atoms. The van der Waals surface area contributed by atoms with Crippen molar-refractivity contribution in [2.45, 2.75) is 18.9 Å². The number of anilines is 1. The molecule has 0 radical (unpaired) electrons. The van der Waals surface area contributed by atoms with Crippen LogP contribution in [0.2, 0.25) is 5.02 Å². The maximum Gasteiger partial charge on any atom is 0.335 e. The van der Waals surface area contributed by atoms with Gasteiger partial charge in [0, 0.05) is 17.1 Å². The summed E-state index contributed by atoms with van der Waals surface area (Å²) < 4.78 is 0. The molecule has 2 amide bonds. The second kappa shape index (κ2) is 5.27. The maximum absolute atomic E-state index is 11.8. The summed E-state index contributed by atoms with van der Waals surface area (Å²) in [7, 11) is 0. The maximum atomic E-state index is 11.8. The molecule has 1 heterocycles. The molecule has 1 aromatic rings. The number of hydrogen-bond acceptors (Lipinski definition) is 3. The summed E-state index contributed by atoms with van der Waals surface area (Å²) in [5.41, 5.74) is 0.273. The van der Waals surface area contributed by atoms with Crippen molar-refractivity contribution in [3.63, 3.8) is 0 Å². The van der Waals surface area contributed by atoms with Crippen LogP contribution in [0.5, 0.6) is 0 Å². The van der Waals surface area contributed by atoms with Gasteiger partial charge in [-0.2, -0.15) is 0 Å². The lowest BCUT2D eigenvalue weighted by molar-refractivity contribution is -0.122. The van der Waals surface area contributed by atoms with Crippen LogP contribution in [0.3, 0.4) is 0 Å². The van der Waals surface area contributed by atoms with Gasteiger partial charge in [0.25, 0.3) is 0 Å². The molecule has 2 rings (SSSR count). The van der Waals surface area contributed by atoms with E-state index >= 15 is 0 Å². The molecule has 0 saturated carbocycles. The van der Waals surface area contributed by atoms with Crippen molar-refractivity contribution in [1.29, 1.82) is 0 Å². The largest absolute Gasteiger partial charge is 0.478 e. The predicted molar refractivity (Wildman–Crippen MR) is 68.2 cm³/mol. The predicted octanol–water partition coefficient (Wildman–Crippen LogP) is 1.26. The number of amides is 2. The first kappa shape index (κ1) is 13.4. The average molecular weight is 283 g/mol. The summed E-state index contributed by atoms with van der Waals surface area (Å²) in [5, 5.41) is 14.2. The summed E-state index contributed by atoms with van der Waals surface area (Å²) in [5.74, 6) is -1.69. The van der Waals surface area contributed by atoms with Crippen LogP contribution in [0.25, 0.3) is 0 Å². The number of carboxylic acid groups (broad SMARTS) is 1. The highest BCUT2D eigenvalue weighted by molar-refractivity contribution is 6.31. The van der Waals surface area contributed by atoms with Gasteiger partial charge < -0.3 is 15.7 Å². The molecule has 1 aliphatic heterocycles. The summed E-state index contributed by atoms with van der Waals surface area (Å²) in [4.78, 5) is 33.7. The lowest BCUT2D eigenvalue weighted by Crippen LogP contribution is -2.37. The monoisotopic (exact) mass is 282 g/mol. The second-order valence-corrected chi connectivity index (χ2v) is 4.62. The van der Waals surface area contributed by atoms with E-state index in [4.69, 9.17) is 16.7 Å². The first-order chi connectivity index (χ1) is 8.95. The van der Waals surface area contributed by atoms with E-state index in [1.807, 2.05) is 0 Å². The number of nitrogens with one attached hydrogen (secondary N) is 2. The Morgan fingerprint density at radius 1 is 1.37 bits per heavy atom. The van der Waals surface area contributed by atoms with Gasteiger partial charge in [0.05, 0.1) is 5.56 Å². The number of carboxylic acids is 1. The van der Waals surface area contributed by atoms with Crippen LogP contribution in [-0.2, 0) is 9.59 Å². The Morgan fingerprint density at radius 3 is 2.68 bits per heavy atom. The van der Waals surface area contributed by atoms with E-state index in [0.717, 1.165) is 0 Å².